The molecule has 0 aliphatic rings. The molecule has 0 amide bonds. The second-order valence-corrected chi connectivity index (χ2v) is 6.74. The summed E-state index contributed by atoms with van der Waals surface area (Å²) in [7, 11) is -1.64. The predicted molar refractivity (Wildman–Crippen MR) is 80.6 cm³/mol. The molecule has 4 nitrogen and oxygen atoms in total. The van der Waals surface area contributed by atoms with Gasteiger partial charge in [0.05, 0.1) is 5.75 Å². The monoisotopic (exact) mass is 295 g/mol. The maximum atomic E-state index is 12.1. The van der Waals surface area contributed by atoms with Crippen LogP contribution >= 0.6 is 0 Å². The maximum Gasteiger partial charge on any atom is 0.214 e. The molecule has 0 saturated heterocycles. The SMILES string of the molecule is CCCCS(=O)(=O)N(C)Cc1ccccc1C#CCO. The van der Waals surface area contributed by atoms with Gasteiger partial charge in [-0.1, -0.05) is 43.4 Å². The van der Waals surface area contributed by atoms with Gasteiger partial charge in [0.1, 0.15) is 6.61 Å². The second-order valence-electron chi connectivity index (χ2n) is 4.54. The Balaban J connectivity index is 2.88. The first kappa shape index (κ1) is 16.7. The molecule has 1 aromatic carbocycles. The van der Waals surface area contributed by atoms with Gasteiger partial charge in [-0.05, 0) is 18.1 Å². The summed E-state index contributed by atoms with van der Waals surface area (Å²) in [6, 6.07) is 7.38. The van der Waals surface area contributed by atoms with E-state index in [1.165, 1.54) is 4.31 Å². The predicted octanol–water partition coefficient (Wildman–Crippen LogP) is 1.59. The minimum absolute atomic E-state index is 0.171. The lowest BCUT2D eigenvalue weighted by Crippen LogP contribution is -2.29. The number of aliphatic hydroxyl groups is 1. The van der Waals surface area contributed by atoms with Crippen LogP contribution in [-0.2, 0) is 16.6 Å². The van der Waals surface area contributed by atoms with Crippen molar-refractivity contribution >= 4 is 10.0 Å². The zero-order valence-corrected chi connectivity index (χ0v) is 12.8. The van der Waals surface area contributed by atoms with Gasteiger partial charge in [-0.25, -0.2) is 12.7 Å². The highest BCUT2D eigenvalue weighted by Gasteiger charge is 2.18. The zero-order chi connectivity index (χ0) is 15.0. The lowest BCUT2D eigenvalue weighted by Gasteiger charge is -2.17. The fraction of sp³-hybridized carbons (Fsp3) is 0.467. The van der Waals surface area contributed by atoms with Crippen molar-refractivity contribution in [2.24, 2.45) is 0 Å². The van der Waals surface area contributed by atoms with Gasteiger partial charge in [-0.3, -0.25) is 0 Å². The molecule has 0 bridgehead atoms. The van der Waals surface area contributed by atoms with E-state index in [9.17, 15) is 8.42 Å². The summed E-state index contributed by atoms with van der Waals surface area (Å²) in [5, 5.41) is 8.75. The first-order valence-corrected chi connectivity index (χ1v) is 8.23. The molecule has 0 aliphatic carbocycles. The van der Waals surface area contributed by atoms with Crippen LogP contribution in [0.25, 0.3) is 0 Å². The Morgan fingerprint density at radius 1 is 1.30 bits per heavy atom. The number of hydrogen-bond donors (Lipinski definition) is 1. The van der Waals surface area contributed by atoms with Crippen LogP contribution in [0.2, 0.25) is 0 Å². The van der Waals surface area contributed by atoms with E-state index >= 15 is 0 Å². The van der Waals surface area contributed by atoms with Crippen molar-refractivity contribution in [3.8, 4) is 11.8 Å². The Morgan fingerprint density at radius 2 is 2.00 bits per heavy atom. The number of rotatable bonds is 6. The van der Waals surface area contributed by atoms with Gasteiger partial charge in [0, 0.05) is 19.2 Å². The summed E-state index contributed by atoms with van der Waals surface area (Å²) < 4.78 is 25.5. The summed E-state index contributed by atoms with van der Waals surface area (Å²) in [5.74, 6) is 5.60. The van der Waals surface area contributed by atoms with Gasteiger partial charge < -0.3 is 5.11 Å². The maximum absolute atomic E-state index is 12.1. The lowest BCUT2D eigenvalue weighted by atomic mass is 10.1. The third kappa shape index (κ3) is 4.97. The number of sulfonamides is 1. The average molecular weight is 295 g/mol. The van der Waals surface area contributed by atoms with E-state index in [1.807, 2.05) is 31.2 Å². The van der Waals surface area contributed by atoms with Crippen LogP contribution in [0.5, 0.6) is 0 Å². The standard InChI is InChI=1S/C15H21NO3S/c1-3-4-12-20(18,19)16(2)13-15-9-6-5-8-14(15)10-7-11-17/h5-6,8-9,17H,3-4,11-13H2,1-2H3. The molecule has 5 heteroatoms. The molecule has 20 heavy (non-hydrogen) atoms. The van der Waals surface area contributed by atoms with Crippen LogP contribution in [0.3, 0.4) is 0 Å². The fourth-order valence-electron chi connectivity index (χ4n) is 1.74. The number of benzene rings is 1. The van der Waals surface area contributed by atoms with Crippen molar-refractivity contribution in [3.05, 3.63) is 35.4 Å². The highest BCUT2D eigenvalue weighted by atomic mass is 32.2. The van der Waals surface area contributed by atoms with E-state index in [4.69, 9.17) is 5.11 Å². The van der Waals surface area contributed by atoms with Crippen LogP contribution in [0.15, 0.2) is 24.3 Å². The van der Waals surface area contributed by atoms with Crippen molar-refractivity contribution in [2.75, 3.05) is 19.4 Å². The molecule has 0 atom stereocenters. The number of unbranched alkanes of at least 4 members (excludes halogenated alkanes) is 1. The van der Waals surface area contributed by atoms with Crippen molar-refractivity contribution in [1.29, 1.82) is 0 Å². The van der Waals surface area contributed by atoms with Crippen molar-refractivity contribution in [1.82, 2.24) is 4.31 Å². The van der Waals surface area contributed by atoms with Crippen LogP contribution in [0.1, 0.15) is 30.9 Å². The Hall–Kier alpha value is -1.35. The molecular formula is C15H21NO3S. The summed E-state index contributed by atoms with van der Waals surface area (Å²) in [4.78, 5) is 0. The normalized spacial score (nSPS) is 11.2. The third-order valence-electron chi connectivity index (χ3n) is 2.94. The van der Waals surface area contributed by atoms with Crippen LogP contribution in [0, 0.1) is 11.8 Å². The Morgan fingerprint density at radius 3 is 2.65 bits per heavy atom. The first-order valence-electron chi connectivity index (χ1n) is 6.63. The molecule has 110 valence electrons. The van der Waals surface area contributed by atoms with Crippen molar-refractivity contribution < 1.29 is 13.5 Å². The smallest absolute Gasteiger partial charge is 0.214 e. The summed E-state index contributed by atoms with van der Waals surface area (Å²) in [5.41, 5.74) is 1.59. The van der Waals surface area contributed by atoms with E-state index in [1.54, 1.807) is 7.05 Å². The second kappa shape index (κ2) is 8.05. The minimum Gasteiger partial charge on any atom is -0.384 e. The summed E-state index contributed by atoms with van der Waals surface area (Å²) >= 11 is 0. The Bertz CT molecular complexity index is 585. The molecule has 0 fully saturated rings. The van der Waals surface area contributed by atoms with Crippen LogP contribution in [-0.4, -0.2) is 37.2 Å². The zero-order valence-electron chi connectivity index (χ0n) is 12.0. The third-order valence-corrected chi connectivity index (χ3v) is 4.83. The van der Waals surface area contributed by atoms with Gasteiger partial charge in [-0.15, -0.1) is 0 Å². The fourth-order valence-corrected chi connectivity index (χ4v) is 3.04. The van der Waals surface area contributed by atoms with Gasteiger partial charge in [0.25, 0.3) is 0 Å². The molecule has 1 aromatic rings. The molecule has 0 aliphatic heterocycles. The first-order chi connectivity index (χ1) is 9.51. The lowest BCUT2D eigenvalue weighted by molar-refractivity contribution is 0.350. The molecule has 1 N–H and O–H groups in total. The van der Waals surface area contributed by atoms with Gasteiger partial charge >= 0.3 is 0 Å². The molecule has 1 rings (SSSR count). The van der Waals surface area contributed by atoms with Gasteiger partial charge in [0.2, 0.25) is 10.0 Å². The van der Waals surface area contributed by atoms with E-state index < -0.39 is 10.0 Å². The van der Waals surface area contributed by atoms with Crippen molar-refractivity contribution in [2.45, 2.75) is 26.3 Å². The van der Waals surface area contributed by atoms with Crippen LogP contribution < -0.4 is 0 Å². The van der Waals surface area contributed by atoms with Gasteiger partial charge in [0.15, 0.2) is 0 Å². The molecule has 0 spiro atoms. The average Bonchev–Trinajstić information content (AvgIpc) is 2.44. The van der Waals surface area contributed by atoms with E-state index in [-0.39, 0.29) is 12.4 Å². The molecule has 0 aromatic heterocycles. The topological polar surface area (TPSA) is 57.6 Å². The molecule has 0 radical (unpaired) electrons. The highest BCUT2D eigenvalue weighted by Crippen LogP contribution is 2.13. The highest BCUT2D eigenvalue weighted by molar-refractivity contribution is 7.89. The molecule has 0 saturated carbocycles. The summed E-state index contributed by atoms with van der Waals surface area (Å²) in [6.07, 6.45) is 1.52. The quantitative estimate of drug-likeness (QED) is 0.811. The van der Waals surface area contributed by atoms with Gasteiger partial charge in [-0.2, -0.15) is 0 Å². The van der Waals surface area contributed by atoms with E-state index in [0.717, 1.165) is 17.5 Å². The molecular weight excluding hydrogens is 274 g/mol. The number of hydrogen-bond acceptors (Lipinski definition) is 3. The van der Waals surface area contributed by atoms with E-state index in [0.29, 0.717) is 13.0 Å². The Labute approximate surface area is 121 Å². The molecule has 0 unspecified atom stereocenters. The summed E-state index contributed by atoms with van der Waals surface area (Å²) in [6.45, 7) is 2.05. The number of aliphatic hydroxyl groups excluding tert-OH is 1. The molecule has 0 heterocycles. The Kier molecular flexibility index (Phi) is 6.73. The van der Waals surface area contributed by atoms with Crippen molar-refractivity contribution in [3.63, 3.8) is 0 Å². The largest absolute Gasteiger partial charge is 0.384 e. The minimum atomic E-state index is -3.22. The van der Waals surface area contributed by atoms with Crippen LogP contribution in [0.4, 0.5) is 0 Å². The number of nitrogens with zero attached hydrogens (tertiary/aromatic N) is 1. The van der Waals surface area contributed by atoms with E-state index in [2.05, 4.69) is 11.8 Å².